The minimum atomic E-state index is -3.88. The van der Waals surface area contributed by atoms with Gasteiger partial charge in [0.1, 0.15) is 0 Å². The lowest BCUT2D eigenvalue weighted by Crippen LogP contribution is -2.42. The summed E-state index contributed by atoms with van der Waals surface area (Å²) in [6.07, 6.45) is 0. The van der Waals surface area contributed by atoms with Crippen molar-refractivity contribution < 1.29 is 13.2 Å². The molecular weight excluding hydrogens is 392 g/mol. The van der Waals surface area contributed by atoms with Gasteiger partial charge in [0.25, 0.3) is 15.9 Å². The third-order valence-corrected chi connectivity index (χ3v) is 6.20. The maximum absolute atomic E-state index is 12.7. The van der Waals surface area contributed by atoms with Crippen LogP contribution in [0.15, 0.2) is 39.7 Å². The molecule has 0 bridgehead atoms. The van der Waals surface area contributed by atoms with Crippen molar-refractivity contribution in [1.29, 1.82) is 0 Å². The van der Waals surface area contributed by atoms with Gasteiger partial charge in [-0.05, 0) is 78.0 Å². The molecule has 5 nitrogen and oxygen atoms in total. The second-order valence-electron chi connectivity index (χ2n) is 5.63. The molecule has 0 spiro atoms. The smallest absolute Gasteiger partial charge is 0.267 e. The van der Waals surface area contributed by atoms with Crippen molar-refractivity contribution in [1.82, 2.24) is 10.3 Å². The fourth-order valence-electron chi connectivity index (χ4n) is 2.46. The van der Waals surface area contributed by atoms with Crippen molar-refractivity contribution in [3.8, 4) is 0 Å². The van der Waals surface area contributed by atoms with Crippen LogP contribution < -0.4 is 10.3 Å². The maximum atomic E-state index is 12.7. The van der Waals surface area contributed by atoms with E-state index >= 15 is 0 Å². The molecule has 0 atom stereocenters. The van der Waals surface area contributed by atoms with E-state index in [1.807, 2.05) is 19.9 Å². The number of aryl methyl sites for hydroxylation is 2. The Morgan fingerprint density at radius 1 is 1.00 bits per heavy atom. The first-order chi connectivity index (χ1) is 11.1. The number of halogens is 1. The third kappa shape index (κ3) is 3.68. The van der Waals surface area contributed by atoms with Gasteiger partial charge in [0.05, 0.1) is 10.5 Å². The van der Waals surface area contributed by atoms with Crippen molar-refractivity contribution in [3.63, 3.8) is 0 Å². The Kier molecular flexibility index (Phi) is 5.47. The van der Waals surface area contributed by atoms with Crippen LogP contribution >= 0.6 is 15.9 Å². The lowest BCUT2D eigenvalue weighted by molar-refractivity contribution is 0.0944. The third-order valence-electron chi connectivity index (χ3n) is 3.98. The van der Waals surface area contributed by atoms with E-state index in [1.54, 1.807) is 38.1 Å². The molecule has 0 aliphatic rings. The molecule has 2 rings (SSSR count). The summed E-state index contributed by atoms with van der Waals surface area (Å²) in [5, 5.41) is 0. The largest absolute Gasteiger partial charge is 0.273 e. The number of benzene rings is 2. The second-order valence-corrected chi connectivity index (χ2v) is 8.10. The van der Waals surface area contributed by atoms with E-state index in [1.165, 1.54) is 0 Å². The molecule has 1 amide bonds. The van der Waals surface area contributed by atoms with Gasteiger partial charge in [-0.1, -0.05) is 18.2 Å². The van der Waals surface area contributed by atoms with Crippen molar-refractivity contribution in [2.24, 2.45) is 0 Å². The lowest BCUT2D eigenvalue weighted by atomic mass is 10.0. The highest BCUT2D eigenvalue weighted by Crippen LogP contribution is 2.25. The summed E-state index contributed by atoms with van der Waals surface area (Å²) in [5.41, 5.74) is 5.71. The fourth-order valence-corrected chi connectivity index (χ4v) is 4.38. The second kappa shape index (κ2) is 7.04. The Morgan fingerprint density at radius 2 is 1.54 bits per heavy atom. The van der Waals surface area contributed by atoms with Gasteiger partial charge in [0.15, 0.2) is 0 Å². The SMILES string of the molecule is Cc1cc(C)c(C)c(S(=O)(=O)NNC(=O)c2ccccc2Br)c1C. The molecule has 0 heterocycles. The molecule has 0 unspecified atom stereocenters. The maximum Gasteiger partial charge on any atom is 0.267 e. The molecule has 128 valence electrons. The highest BCUT2D eigenvalue weighted by Gasteiger charge is 2.23. The van der Waals surface area contributed by atoms with Crippen LogP contribution in [0.4, 0.5) is 0 Å². The monoisotopic (exact) mass is 410 g/mol. The highest BCUT2D eigenvalue weighted by atomic mass is 79.9. The van der Waals surface area contributed by atoms with Gasteiger partial charge in [-0.3, -0.25) is 10.2 Å². The minimum Gasteiger partial charge on any atom is -0.273 e. The van der Waals surface area contributed by atoms with Crippen LogP contribution in [-0.4, -0.2) is 14.3 Å². The summed E-state index contributed by atoms with van der Waals surface area (Å²) in [5.74, 6) is -0.536. The summed E-state index contributed by atoms with van der Waals surface area (Å²) < 4.78 is 25.9. The van der Waals surface area contributed by atoms with Crippen LogP contribution in [0.2, 0.25) is 0 Å². The van der Waals surface area contributed by atoms with Crippen LogP contribution in [0, 0.1) is 27.7 Å². The van der Waals surface area contributed by atoms with Gasteiger partial charge in [0, 0.05) is 4.47 Å². The zero-order chi connectivity index (χ0) is 18.1. The molecule has 0 saturated heterocycles. The number of hydrazine groups is 1. The molecule has 0 radical (unpaired) electrons. The first-order valence-corrected chi connectivity index (χ1v) is 9.57. The number of sulfonamides is 1. The molecule has 0 saturated carbocycles. The van der Waals surface area contributed by atoms with Gasteiger partial charge in [0.2, 0.25) is 0 Å². The Hall–Kier alpha value is -1.70. The molecule has 0 aliphatic carbocycles. The molecule has 0 fully saturated rings. The molecular formula is C17H19BrN2O3S. The highest BCUT2D eigenvalue weighted by molar-refractivity contribution is 9.10. The van der Waals surface area contributed by atoms with E-state index < -0.39 is 15.9 Å². The lowest BCUT2D eigenvalue weighted by Gasteiger charge is -2.16. The summed E-state index contributed by atoms with van der Waals surface area (Å²) in [7, 11) is -3.88. The molecule has 2 aromatic carbocycles. The summed E-state index contributed by atoms with van der Waals surface area (Å²) in [4.78, 5) is 14.6. The fraction of sp³-hybridized carbons (Fsp3) is 0.235. The van der Waals surface area contributed by atoms with E-state index in [-0.39, 0.29) is 4.90 Å². The molecule has 0 aromatic heterocycles. The molecule has 2 N–H and O–H groups in total. The average molecular weight is 411 g/mol. The van der Waals surface area contributed by atoms with Gasteiger partial charge in [-0.2, -0.15) is 0 Å². The quantitative estimate of drug-likeness (QED) is 0.759. The average Bonchev–Trinajstić information content (AvgIpc) is 2.51. The summed E-state index contributed by atoms with van der Waals surface area (Å²) >= 11 is 3.27. The molecule has 24 heavy (non-hydrogen) atoms. The normalized spacial score (nSPS) is 11.4. The number of carbonyl (C=O) groups excluding carboxylic acids is 1. The van der Waals surface area contributed by atoms with E-state index in [4.69, 9.17) is 0 Å². The number of amides is 1. The van der Waals surface area contributed by atoms with Crippen LogP contribution in [0.1, 0.15) is 32.6 Å². The number of nitrogens with one attached hydrogen (secondary N) is 2. The van der Waals surface area contributed by atoms with E-state index in [2.05, 4.69) is 26.2 Å². The van der Waals surface area contributed by atoms with Crippen molar-refractivity contribution in [2.75, 3.05) is 0 Å². The van der Waals surface area contributed by atoms with Crippen molar-refractivity contribution in [2.45, 2.75) is 32.6 Å². The zero-order valence-electron chi connectivity index (χ0n) is 13.9. The predicted octanol–water partition coefficient (Wildman–Crippen LogP) is 3.31. The van der Waals surface area contributed by atoms with Crippen LogP contribution in [0.5, 0.6) is 0 Å². The zero-order valence-corrected chi connectivity index (χ0v) is 16.3. The molecule has 0 aliphatic heterocycles. The summed E-state index contributed by atoms with van der Waals surface area (Å²) in [6.45, 7) is 7.23. The van der Waals surface area contributed by atoms with Gasteiger partial charge >= 0.3 is 0 Å². The van der Waals surface area contributed by atoms with Crippen LogP contribution in [0.25, 0.3) is 0 Å². The Balaban J connectivity index is 2.31. The number of hydrogen-bond acceptors (Lipinski definition) is 3. The Labute approximate surface area is 150 Å². The Morgan fingerprint density at radius 3 is 2.08 bits per heavy atom. The van der Waals surface area contributed by atoms with Gasteiger partial charge < -0.3 is 0 Å². The number of hydrogen-bond donors (Lipinski definition) is 2. The minimum absolute atomic E-state index is 0.201. The number of rotatable bonds is 4. The Bertz CT molecular complexity index is 882. The predicted molar refractivity (Wildman–Crippen MR) is 97.3 cm³/mol. The van der Waals surface area contributed by atoms with E-state index in [0.29, 0.717) is 21.2 Å². The van der Waals surface area contributed by atoms with Crippen molar-refractivity contribution in [3.05, 3.63) is 62.6 Å². The first kappa shape index (κ1) is 18.6. The summed E-state index contributed by atoms with van der Waals surface area (Å²) in [6, 6.07) is 8.73. The van der Waals surface area contributed by atoms with Gasteiger partial charge in [-0.25, -0.2) is 8.42 Å². The van der Waals surface area contributed by atoms with E-state index in [0.717, 1.165) is 11.1 Å². The standard InChI is InChI=1S/C17H19BrN2O3S/c1-10-9-11(2)13(4)16(12(10)3)24(22,23)20-19-17(21)14-7-5-6-8-15(14)18/h5-9,20H,1-4H3,(H,19,21). The first-order valence-electron chi connectivity index (χ1n) is 7.29. The van der Waals surface area contributed by atoms with E-state index in [9.17, 15) is 13.2 Å². The van der Waals surface area contributed by atoms with Crippen molar-refractivity contribution >= 4 is 31.9 Å². The van der Waals surface area contributed by atoms with Crippen LogP contribution in [0.3, 0.4) is 0 Å². The van der Waals surface area contributed by atoms with Gasteiger partial charge in [-0.15, -0.1) is 4.83 Å². The van der Waals surface area contributed by atoms with Crippen LogP contribution in [-0.2, 0) is 10.0 Å². The topological polar surface area (TPSA) is 75.3 Å². The number of carbonyl (C=O) groups is 1. The molecule has 7 heteroatoms. The molecule has 2 aromatic rings.